The Hall–Kier alpha value is -3.01. The van der Waals surface area contributed by atoms with E-state index in [1.54, 1.807) is 28.8 Å². The number of carbonyl (C=O) groups is 2. The summed E-state index contributed by atoms with van der Waals surface area (Å²) in [6.07, 6.45) is 7.08. The van der Waals surface area contributed by atoms with Crippen LogP contribution >= 0.6 is 0 Å². The first-order valence-corrected chi connectivity index (χ1v) is 9.85. The molecule has 2 aromatic heterocycles. The number of hydrogen-bond acceptors (Lipinski definition) is 4. The number of amides is 2. The molecule has 0 radical (unpaired) electrons. The van der Waals surface area contributed by atoms with Crippen molar-refractivity contribution < 1.29 is 14.0 Å². The lowest BCUT2D eigenvalue weighted by Gasteiger charge is -2.33. The SMILES string of the molecule is Cc1oc(-n2cccc2)c(C#N)c1C(=O)N1CCC(C(=O)N2CCCC2)CC1. The van der Waals surface area contributed by atoms with Gasteiger partial charge in [0.25, 0.3) is 5.91 Å². The van der Waals surface area contributed by atoms with Gasteiger partial charge in [0.2, 0.25) is 11.8 Å². The normalized spacial score (nSPS) is 17.7. The maximum atomic E-state index is 13.1. The Morgan fingerprint density at radius 1 is 1.07 bits per heavy atom. The van der Waals surface area contributed by atoms with E-state index in [1.165, 1.54) is 0 Å². The number of nitrogens with zero attached hydrogens (tertiary/aromatic N) is 4. The second-order valence-corrected chi connectivity index (χ2v) is 7.51. The largest absolute Gasteiger partial charge is 0.443 e. The molecule has 0 aliphatic carbocycles. The Bertz CT molecular complexity index is 908. The van der Waals surface area contributed by atoms with Crippen molar-refractivity contribution in [2.24, 2.45) is 5.92 Å². The highest BCUT2D eigenvalue weighted by Crippen LogP contribution is 2.29. The third-order valence-corrected chi connectivity index (χ3v) is 5.78. The molecule has 0 spiro atoms. The number of aromatic nitrogens is 1. The van der Waals surface area contributed by atoms with Crippen molar-refractivity contribution in [2.45, 2.75) is 32.6 Å². The van der Waals surface area contributed by atoms with Crippen LogP contribution in [0.15, 0.2) is 28.9 Å². The van der Waals surface area contributed by atoms with Crippen molar-refractivity contribution in [1.82, 2.24) is 14.4 Å². The van der Waals surface area contributed by atoms with Crippen LogP contribution in [0, 0.1) is 24.2 Å². The lowest BCUT2D eigenvalue weighted by atomic mass is 9.94. The van der Waals surface area contributed by atoms with E-state index in [4.69, 9.17) is 4.42 Å². The van der Waals surface area contributed by atoms with Crippen molar-refractivity contribution >= 4 is 11.8 Å². The monoisotopic (exact) mass is 380 g/mol. The maximum Gasteiger partial charge on any atom is 0.258 e. The highest BCUT2D eigenvalue weighted by Gasteiger charge is 2.34. The van der Waals surface area contributed by atoms with Gasteiger partial charge in [0.15, 0.2) is 0 Å². The summed E-state index contributed by atoms with van der Waals surface area (Å²) in [5.74, 6) is 0.853. The standard InChI is InChI=1S/C21H24N4O3/c1-15-18(17(14-22)21(28-15)25-10-4-5-11-25)20(27)24-12-6-16(7-13-24)19(26)23-8-2-3-9-23/h4-5,10-11,16H,2-3,6-9,12-13H2,1H3. The van der Waals surface area contributed by atoms with Crippen molar-refractivity contribution in [3.05, 3.63) is 41.4 Å². The van der Waals surface area contributed by atoms with Crippen LogP contribution in [0.5, 0.6) is 0 Å². The molecular weight excluding hydrogens is 356 g/mol. The molecule has 2 fully saturated rings. The summed E-state index contributed by atoms with van der Waals surface area (Å²) in [5, 5.41) is 9.65. The number of piperidine rings is 1. The van der Waals surface area contributed by atoms with Crippen LogP contribution in [0.3, 0.4) is 0 Å². The topological polar surface area (TPSA) is 82.5 Å². The summed E-state index contributed by atoms with van der Waals surface area (Å²) < 4.78 is 7.45. The zero-order valence-corrected chi connectivity index (χ0v) is 16.1. The molecule has 2 aliphatic rings. The zero-order valence-electron chi connectivity index (χ0n) is 16.1. The van der Waals surface area contributed by atoms with E-state index in [9.17, 15) is 14.9 Å². The molecule has 2 aliphatic heterocycles. The van der Waals surface area contributed by atoms with Gasteiger partial charge in [0.1, 0.15) is 23.0 Å². The van der Waals surface area contributed by atoms with Crippen LogP contribution in [0.2, 0.25) is 0 Å². The Kier molecular flexibility index (Phi) is 4.95. The average molecular weight is 380 g/mol. The number of hydrogen-bond donors (Lipinski definition) is 0. The van der Waals surface area contributed by atoms with Crippen LogP contribution in [-0.2, 0) is 4.79 Å². The quantitative estimate of drug-likeness (QED) is 0.820. The minimum Gasteiger partial charge on any atom is -0.443 e. The molecule has 7 heteroatoms. The van der Waals surface area contributed by atoms with Gasteiger partial charge in [-0.05, 0) is 44.7 Å². The summed E-state index contributed by atoms with van der Waals surface area (Å²) >= 11 is 0. The van der Waals surface area contributed by atoms with Gasteiger partial charge < -0.3 is 14.2 Å². The fourth-order valence-electron chi connectivity index (χ4n) is 4.23. The number of rotatable bonds is 3. The molecule has 0 saturated carbocycles. The summed E-state index contributed by atoms with van der Waals surface area (Å²) in [5.41, 5.74) is 0.587. The fraction of sp³-hybridized carbons (Fsp3) is 0.476. The molecule has 0 atom stereocenters. The molecule has 7 nitrogen and oxygen atoms in total. The van der Waals surface area contributed by atoms with Crippen molar-refractivity contribution in [3.8, 4) is 12.0 Å². The first-order valence-electron chi connectivity index (χ1n) is 9.85. The van der Waals surface area contributed by atoms with E-state index >= 15 is 0 Å². The highest BCUT2D eigenvalue weighted by molar-refractivity contribution is 5.98. The number of nitriles is 1. The summed E-state index contributed by atoms with van der Waals surface area (Å²) in [6.45, 7) is 4.49. The molecule has 2 saturated heterocycles. The van der Waals surface area contributed by atoms with Crippen LogP contribution in [0.1, 0.15) is 47.4 Å². The van der Waals surface area contributed by atoms with Gasteiger partial charge in [0.05, 0.1) is 0 Å². The van der Waals surface area contributed by atoms with Crippen molar-refractivity contribution in [3.63, 3.8) is 0 Å². The molecule has 0 aromatic carbocycles. The number of aryl methyl sites for hydroxylation is 1. The predicted octanol–water partition coefficient (Wildman–Crippen LogP) is 2.73. The van der Waals surface area contributed by atoms with E-state index in [1.807, 2.05) is 17.0 Å². The minimum absolute atomic E-state index is 0.00142. The van der Waals surface area contributed by atoms with Gasteiger partial charge in [-0.1, -0.05) is 0 Å². The third kappa shape index (κ3) is 3.19. The third-order valence-electron chi connectivity index (χ3n) is 5.78. The van der Waals surface area contributed by atoms with E-state index in [0.717, 1.165) is 25.9 Å². The molecular formula is C21H24N4O3. The van der Waals surface area contributed by atoms with Gasteiger partial charge in [-0.25, -0.2) is 0 Å². The molecule has 0 unspecified atom stereocenters. The van der Waals surface area contributed by atoms with Crippen molar-refractivity contribution in [1.29, 1.82) is 5.26 Å². The number of furan rings is 1. The Labute approximate surface area is 164 Å². The second-order valence-electron chi connectivity index (χ2n) is 7.51. The van der Waals surface area contributed by atoms with E-state index in [0.29, 0.717) is 43.1 Å². The number of carbonyl (C=O) groups excluding carboxylic acids is 2. The van der Waals surface area contributed by atoms with Gasteiger partial charge in [-0.3, -0.25) is 14.2 Å². The predicted molar refractivity (Wildman–Crippen MR) is 102 cm³/mol. The lowest BCUT2D eigenvalue weighted by Crippen LogP contribution is -2.44. The molecule has 146 valence electrons. The first kappa shape index (κ1) is 18.4. The van der Waals surface area contributed by atoms with Crippen LogP contribution in [0.25, 0.3) is 5.88 Å². The van der Waals surface area contributed by atoms with E-state index < -0.39 is 0 Å². The van der Waals surface area contributed by atoms with Crippen LogP contribution in [0.4, 0.5) is 0 Å². The fourth-order valence-corrected chi connectivity index (χ4v) is 4.23. The van der Waals surface area contributed by atoms with Gasteiger partial charge >= 0.3 is 0 Å². The van der Waals surface area contributed by atoms with Crippen molar-refractivity contribution in [2.75, 3.05) is 26.2 Å². The maximum absolute atomic E-state index is 13.1. The zero-order chi connectivity index (χ0) is 19.7. The molecule has 0 N–H and O–H groups in total. The highest BCUT2D eigenvalue weighted by atomic mass is 16.4. The van der Waals surface area contributed by atoms with E-state index in [2.05, 4.69) is 6.07 Å². The van der Waals surface area contributed by atoms with Gasteiger partial charge in [-0.2, -0.15) is 5.26 Å². The molecule has 2 amide bonds. The molecule has 4 heterocycles. The minimum atomic E-state index is -0.191. The molecule has 2 aromatic rings. The number of likely N-dealkylation sites (tertiary alicyclic amines) is 2. The molecule has 28 heavy (non-hydrogen) atoms. The average Bonchev–Trinajstić information content (AvgIpc) is 3.47. The summed E-state index contributed by atoms with van der Waals surface area (Å²) in [7, 11) is 0. The Morgan fingerprint density at radius 2 is 1.71 bits per heavy atom. The lowest BCUT2D eigenvalue weighted by molar-refractivity contribution is -0.135. The Balaban J connectivity index is 1.49. The van der Waals surface area contributed by atoms with Gasteiger partial charge in [-0.15, -0.1) is 0 Å². The first-order chi connectivity index (χ1) is 13.6. The van der Waals surface area contributed by atoms with E-state index in [-0.39, 0.29) is 23.3 Å². The Morgan fingerprint density at radius 3 is 2.32 bits per heavy atom. The van der Waals surface area contributed by atoms with Gasteiger partial charge in [0, 0.05) is 44.5 Å². The van der Waals surface area contributed by atoms with Crippen LogP contribution < -0.4 is 0 Å². The molecule has 4 rings (SSSR count). The molecule has 0 bridgehead atoms. The van der Waals surface area contributed by atoms with Crippen LogP contribution in [-0.4, -0.2) is 52.4 Å². The smallest absolute Gasteiger partial charge is 0.258 e. The summed E-state index contributed by atoms with van der Waals surface area (Å²) in [4.78, 5) is 29.4. The second kappa shape index (κ2) is 7.55. The summed E-state index contributed by atoms with van der Waals surface area (Å²) in [6, 6.07) is 5.81.